The lowest BCUT2D eigenvalue weighted by molar-refractivity contribution is 0.0981. The molecule has 13 heavy (non-hydrogen) atoms. The molecule has 0 fully saturated rings. The third kappa shape index (κ3) is 3.25. The molecule has 1 N–H and O–H groups in total. The van der Waals surface area contributed by atoms with Crippen molar-refractivity contribution in [2.45, 2.75) is 0 Å². The summed E-state index contributed by atoms with van der Waals surface area (Å²) < 4.78 is 23.2. The van der Waals surface area contributed by atoms with Crippen molar-refractivity contribution < 1.29 is 13.2 Å². The quantitative estimate of drug-likeness (QED) is 0.737. The first-order valence-corrected chi connectivity index (χ1v) is 5.36. The zero-order chi connectivity index (χ0) is 9.90. The molecule has 0 aromatic heterocycles. The standard InChI is InChI=1S/C8H8NO3S/c1-13(11,12)9-8(10)7-5-3-2-4-6-7/h2-3,5-6H,1H3,(H,9,10). The lowest BCUT2D eigenvalue weighted by Crippen LogP contribution is -2.29. The fraction of sp³-hybridized carbons (Fsp3) is 0.125. The van der Waals surface area contributed by atoms with E-state index >= 15 is 0 Å². The molecule has 1 aromatic rings. The number of nitrogens with one attached hydrogen (secondary N) is 1. The Labute approximate surface area is 76.6 Å². The van der Waals surface area contributed by atoms with Crippen LogP contribution in [0.3, 0.4) is 0 Å². The van der Waals surface area contributed by atoms with Gasteiger partial charge in [0.05, 0.1) is 6.26 Å². The summed E-state index contributed by atoms with van der Waals surface area (Å²) >= 11 is 0. The molecule has 4 nitrogen and oxygen atoms in total. The van der Waals surface area contributed by atoms with Crippen LogP contribution in [0.2, 0.25) is 0 Å². The average Bonchev–Trinajstić information content (AvgIpc) is 2.03. The number of amides is 1. The molecular weight excluding hydrogens is 190 g/mol. The number of hydrogen-bond acceptors (Lipinski definition) is 3. The van der Waals surface area contributed by atoms with Gasteiger partial charge in [-0.1, -0.05) is 12.1 Å². The SMILES string of the molecule is CS(=O)(=O)NC(=O)c1c[c]ccc1. The highest BCUT2D eigenvalue weighted by Gasteiger charge is 2.09. The van der Waals surface area contributed by atoms with Crippen molar-refractivity contribution in [3.8, 4) is 0 Å². The molecule has 1 rings (SSSR count). The number of rotatable bonds is 2. The van der Waals surface area contributed by atoms with E-state index in [1.165, 1.54) is 12.1 Å². The number of carbonyl (C=O) groups is 1. The van der Waals surface area contributed by atoms with Gasteiger partial charge in [0.25, 0.3) is 5.91 Å². The monoisotopic (exact) mass is 198 g/mol. The number of sulfonamides is 1. The molecule has 1 aromatic carbocycles. The Balaban J connectivity index is 2.82. The second-order valence-electron chi connectivity index (χ2n) is 2.50. The van der Waals surface area contributed by atoms with E-state index in [9.17, 15) is 13.2 Å². The molecule has 0 aliphatic rings. The van der Waals surface area contributed by atoms with Gasteiger partial charge in [0.1, 0.15) is 0 Å². The van der Waals surface area contributed by atoms with E-state index in [1.807, 2.05) is 4.72 Å². The molecule has 0 bridgehead atoms. The molecule has 0 saturated carbocycles. The zero-order valence-corrected chi connectivity index (χ0v) is 7.76. The Kier molecular flexibility index (Phi) is 2.67. The number of benzene rings is 1. The fourth-order valence-corrected chi connectivity index (χ4v) is 1.22. The molecule has 0 aliphatic carbocycles. The first-order chi connectivity index (χ1) is 5.99. The first kappa shape index (κ1) is 9.73. The van der Waals surface area contributed by atoms with E-state index in [0.29, 0.717) is 0 Å². The third-order valence-corrected chi connectivity index (χ3v) is 1.80. The molecule has 0 aliphatic heterocycles. The van der Waals surface area contributed by atoms with Gasteiger partial charge < -0.3 is 0 Å². The van der Waals surface area contributed by atoms with Gasteiger partial charge in [0.2, 0.25) is 10.0 Å². The van der Waals surface area contributed by atoms with Gasteiger partial charge in [0.15, 0.2) is 0 Å². The summed E-state index contributed by atoms with van der Waals surface area (Å²) in [6.07, 6.45) is 0.928. The molecular formula is C8H8NO3S. The van der Waals surface area contributed by atoms with E-state index < -0.39 is 15.9 Å². The maximum Gasteiger partial charge on any atom is 0.264 e. The zero-order valence-electron chi connectivity index (χ0n) is 6.94. The molecule has 0 heterocycles. The Morgan fingerprint density at radius 1 is 1.54 bits per heavy atom. The van der Waals surface area contributed by atoms with E-state index in [-0.39, 0.29) is 5.56 Å². The second kappa shape index (κ2) is 3.57. The molecule has 0 unspecified atom stereocenters. The largest absolute Gasteiger partial charge is 0.268 e. The molecule has 1 radical (unpaired) electrons. The summed E-state index contributed by atoms with van der Waals surface area (Å²) in [6, 6.07) is 8.83. The van der Waals surface area contributed by atoms with Crippen LogP contribution < -0.4 is 4.72 Å². The van der Waals surface area contributed by atoms with Crippen molar-refractivity contribution in [3.63, 3.8) is 0 Å². The van der Waals surface area contributed by atoms with E-state index in [4.69, 9.17) is 0 Å². The van der Waals surface area contributed by atoms with Gasteiger partial charge in [-0.15, -0.1) is 0 Å². The predicted octanol–water partition coefficient (Wildman–Crippen LogP) is 0.176. The minimum absolute atomic E-state index is 0.271. The van der Waals surface area contributed by atoms with Crippen LogP contribution in [0.5, 0.6) is 0 Å². The maximum atomic E-state index is 11.2. The predicted molar refractivity (Wildman–Crippen MR) is 47.6 cm³/mol. The van der Waals surface area contributed by atoms with Crippen molar-refractivity contribution in [1.82, 2.24) is 4.72 Å². The Morgan fingerprint density at radius 3 is 2.69 bits per heavy atom. The van der Waals surface area contributed by atoms with Gasteiger partial charge >= 0.3 is 0 Å². The maximum absolute atomic E-state index is 11.2. The lowest BCUT2D eigenvalue weighted by Gasteiger charge is -2.00. The first-order valence-electron chi connectivity index (χ1n) is 3.47. The highest BCUT2D eigenvalue weighted by molar-refractivity contribution is 7.89. The summed E-state index contributed by atoms with van der Waals surface area (Å²) in [6.45, 7) is 0. The lowest BCUT2D eigenvalue weighted by atomic mass is 10.2. The van der Waals surface area contributed by atoms with Gasteiger partial charge in [-0.3, -0.25) is 4.79 Å². The normalized spacial score (nSPS) is 10.8. The van der Waals surface area contributed by atoms with Crippen LogP contribution in [0.4, 0.5) is 0 Å². The van der Waals surface area contributed by atoms with Crippen LogP contribution in [0.15, 0.2) is 24.3 Å². The highest BCUT2D eigenvalue weighted by atomic mass is 32.2. The number of hydrogen-bond donors (Lipinski definition) is 1. The van der Waals surface area contributed by atoms with Crippen LogP contribution in [0.1, 0.15) is 10.4 Å². The van der Waals surface area contributed by atoms with Crippen molar-refractivity contribution in [3.05, 3.63) is 35.9 Å². The summed E-state index contributed by atoms with van der Waals surface area (Å²) in [5, 5.41) is 0. The van der Waals surface area contributed by atoms with E-state index in [0.717, 1.165) is 6.26 Å². The summed E-state index contributed by atoms with van der Waals surface area (Å²) in [4.78, 5) is 11.2. The summed E-state index contributed by atoms with van der Waals surface area (Å²) in [7, 11) is -3.48. The third-order valence-electron chi connectivity index (χ3n) is 1.25. The van der Waals surface area contributed by atoms with Crippen molar-refractivity contribution >= 4 is 15.9 Å². The molecule has 0 saturated heterocycles. The Morgan fingerprint density at radius 2 is 2.23 bits per heavy atom. The van der Waals surface area contributed by atoms with E-state index in [2.05, 4.69) is 6.07 Å². The average molecular weight is 198 g/mol. The number of carbonyl (C=O) groups excluding carboxylic acids is 1. The van der Waals surface area contributed by atoms with Crippen molar-refractivity contribution in [2.24, 2.45) is 0 Å². The Hall–Kier alpha value is -1.36. The van der Waals surface area contributed by atoms with Crippen LogP contribution in [-0.2, 0) is 10.0 Å². The van der Waals surface area contributed by atoms with E-state index in [1.54, 1.807) is 12.1 Å². The summed E-state index contributed by atoms with van der Waals surface area (Å²) in [5.41, 5.74) is 0.271. The highest BCUT2D eigenvalue weighted by Crippen LogP contribution is 1.97. The molecule has 0 spiro atoms. The van der Waals surface area contributed by atoms with Crippen LogP contribution >= 0.6 is 0 Å². The van der Waals surface area contributed by atoms with Crippen LogP contribution in [-0.4, -0.2) is 20.6 Å². The second-order valence-corrected chi connectivity index (χ2v) is 4.24. The summed E-state index contributed by atoms with van der Waals surface area (Å²) in [5.74, 6) is -0.639. The molecule has 0 atom stereocenters. The molecule has 1 amide bonds. The smallest absolute Gasteiger partial charge is 0.264 e. The topological polar surface area (TPSA) is 63.2 Å². The molecule has 5 heteroatoms. The van der Waals surface area contributed by atoms with Gasteiger partial charge in [-0.25, -0.2) is 13.1 Å². The fourth-order valence-electron chi connectivity index (χ4n) is 0.762. The van der Waals surface area contributed by atoms with Gasteiger partial charge in [0, 0.05) is 5.56 Å². The minimum Gasteiger partial charge on any atom is -0.268 e. The van der Waals surface area contributed by atoms with Crippen molar-refractivity contribution in [1.29, 1.82) is 0 Å². The Bertz CT molecular complexity index is 397. The molecule has 69 valence electrons. The van der Waals surface area contributed by atoms with Crippen molar-refractivity contribution in [2.75, 3.05) is 6.26 Å². The van der Waals surface area contributed by atoms with Crippen LogP contribution in [0, 0.1) is 6.07 Å². The van der Waals surface area contributed by atoms with Gasteiger partial charge in [-0.2, -0.15) is 0 Å². The van der Waals surface area contributed by atoms with Crippen LogP contribution in [0.25, 0.3) is 0 Å². The van der Waals surface area contributed by atoms with Gasteiger partial charge in [-0.05, 0) is 18.2 Å². The minimum atomic E-state index is -3.48.